The Morgan fingerprint density at radius 1 is 1.21 bits per heavy atom. The number of halogens is 1. The lowest BCUT2D eigenvalue weighted by molar-refractivity contribution is 0.0629. The lowest BCUT2D eigenvalue weighted by atomic mass is 9.97. The molecule has 0 unspecified atom stereocenters. The lowest BCUT2D eigenvalue weighted by Gasteiger charge is -2.38. The Morgan fingerprint density at radius 2 is 1.83 bits per heavy atom. The smallest absolute Gasteiger partial charge is 0.410 e. The first-order chi connectivity index (χ1) is 13.8. The van der Waals surface area contributed by atoms with Gasteiger partial charge in [0.25, 0.3) is 5.91 Å². The average Bonchev–Trinajstić information content (AvgIpc) is 3.06. The second kappa shape index (κ2) is 9.24. The van der Waals surface area contributed by atoms with Crippen molar-refractivity contribution in [3.05, 3.63) is 22.2 Å². The number of amides is 2. The molecule has 1 aromatic carbocycles. The lowest BCUT2D eigenvalue weighted by Crippen LogP contribution is -2.50. The first-order valence-corrected chi connectivity index (χ1v) is 10.8. The van der Waals surface area contributed by atoms with E-state index >= 15 is 0 Å². The fraction of sp³-hybridized carbons (Fsp3) is 0.619. The van der Waals surface area contributed by atoms with Crippen molar-refractivity contribution in [2.24, 2.45) is 5.92 Å². The van der Waals surface area contributed by atoms with E-state index in [1.807, 2.05) is 9.80 Å². The number of carbonyl (C=O) groups is 2. The number of hydrogen-bond donors (Lipinski definition) is 0. The van der Waals surface area contributed by atoms with E-state index in [2.05, 4.69) is 29.8 Å². The minimum Gasteiger partial charge on any atom is -0.493 e. The molecule has 1 atom stereocenters. The van der Waals surface area contributed by atoms with Gasteiger partial charge in [-0.15, -0.1) is 0 Å². The first-order valence-electron chi connectivity index (χ1n) is 10.0. The number of carbonyl (C=O) groups excluding carboxylic acids is 2. The molecule has 2 heterocycles. The van der Waals surface area contributed by atoms with Crippen molar-refractivity contribution in [1.82, 2.24) is 9.80 Å². The fourth-order valence-corrected chi connectivity index (χ4v) is 4.67. The van der Waals surface area contributed by atoms with Crippen LogP contribution in [-0.4, -0.2) is 67.8 Å². The van der Waals surface area contributed by atoms with Crippen molar-refractivity contribution in [2.45, 2.75) is 45.2 Å². The Morgan fingerprint density at radius 3 is 2.41 bits per heavy atom. The molecule has 2 fully saturated rings. The Labute approximate surface area is 180 Å². The van der Waals surface area contributed by atoms with E-state index in [-0.39, 0.29) is 24.1 Å². The summed E-state index contributed by atoms with van der Waals surface area (Å²) in [6.45, 7) is 5.98. The molecule has 0 saturated carbocycles. The van der Waals surface area contributed by atoms with Gasteiger partial charge < -0.3 is 19.1 Å². The average molecular weight is 469 g/mol. The van der Waals surface area contributed by atoms with E-state index in [0.717, 1.165) is 19.3 Å². The summed E-state index contributed by atoms with van der Waals surface area (Å²) in [7, 11) is 3.11. The fourth-order valence-electron chi connectivity index (χ4n) is 4.18. The molecule has 2 aliphatic rings. The molecule has 1 aromatic rings. The highest BCUT2D eigenvalue weighted by atomic mass is 79.9. The zero-order chi connectivity index (χ0) is 21.1. The molecule has 0 radical (unpaired) electrons. The number of methoxy groups -OCH3 is 2. The van der Waals surface area contributed by atoms with Gasteiger partial charge in [-0.3, -0.25) is 9.69 Å². The van der Waals surface area contributed by atoms with Gasteiger partial charge in [-0.1, -0.05) is 13.8 Å². The highest BCUT2D eigenvalue weighted by Gasteiger charge is 2.40. The van der Waals surface area contributed by atoms with Crippen LogP contribution in [0.4, 0.5) is 4.79 Å². The number of hydrogen-bond acceptors (Lipinski definition) is 5. The molecule has 0 aliphatic carbocycles. The van der Waals surface area contributed by atoms with Crippen LogP contribution in [-0.2, 0) is 4.74 Å². The summed E-state index contributed by atoms with van der Waals surface area (Å²) in [6, 6.07) is 3.70. The van der Waals surface area contributed by atoms with Gasteiger partial charge in [0.15, 0.2) is 11.5 Å². The van der Waals surface area contributed by atoms with Crippen molar-refractivity contribution < 1.29 is 23.8 Å². The number of piperidine rings is 1. The normalized spacial score (nSPS) is 20.2. The predicted molar refractivity (Wildman–Crippen MR) is 113 cm³/mol. The standard InChI is InChI=1S/C21H29BrN2O5/c1-13(2)9-15-12-29-21(26)24(15)14-5-7-23(8-6-14)20(25)16-10-18(27-3)19(28-4)11-17(16)22/h10-11,13-15H,5-9,12H2,1-4H3/t15-/m1/s1. The zero-order valence-corrected chi connectivity index (χ0v) is 19.0. The summed E-state index contributed by atoms with van der Waals surface area (Å²) in [6.07, 6.45) is 2.22. The van der Waals surface area contributed by atoms with Gasteiger partial charge in [-0.25, -0.2) is 4.79 Å². The molecule has 7 nitrogen and oxygen atoms in total. The number of nitrogens with zero attached hydrogens (tertiary/aromatic N) is 2. The van der Waals surface area contributed by atoms with Crippen LogP contribution < -0.4 is 9.47 Å². The minimum absolute atomic E-state index is 0.0565. The first kappa shape index (κ1) is 21.7. The maximum Gasteiger partial charge on any atom is 0.410 e. The van der Waals surface area contributed by atoms with Gasteiger partial charge in [0.2, 0.25) is 0 Å². The van der Waals surface area contributed by atoms with Gasteiger partial charge in [-0.2, -0.15) is 0 Å². The van der Waals surface area contributed by atoms with Gasteiger partial charge in [0.1, 0.15) is 6.61 Å². The topological polar surface area (TPSA) is 68.3 Å². The third kappa shape index (κ3) is 4.63. The molecule has 2 saturated heterocycles. The van der Waals surface area contributed by atoms with Crippen LogP contribution in [0.15, 0.2) is 16.6 Å². The zero-order valence-electron chi connectivity index (χ0n) is 17.4. The van der Waals surface area contributed by atoms with Gasteiger partial charge >= 0.3 is 6.09 Å². The van der Waals surface area contributed by atoms with Gasteiger partial charge in [0.05, 0.1) is 25.8 Å². The third-order valence-electron chi connectivity index (χ3n) is 5.60. The number of likely N-dealkylation sites (tertiary alicyclic amines) is 1. The molecule has 0 spiro atoms. The summed E-state index contributed by atoms with van der Waals surface area (Å²) in [5, 5.41) is 0. The van der Waals surface area contributed by atoms with E-state index < -0.39 is 0 Å². The van der Waals surface area contributed by atoms with Crippen LogP contribution in [0.25, 0.3) is 0 Å². The third-order valence-corrected chi connectivity index (χ3v) is 6.25. The van der Waals surface area contributed by atoms with Crippen molar-refractivity contribution >= 4 is 27.9 Å². The molecule has 8 heteroatoms. The Kier molecular flexibility index (Phi) is 6.93. The second-order valence-corrected chi connectivity index (χ2v) is 8.83. The quantitative estimate of drug-likeness (QED) is 0.632. The summed E-state index contributed by atoms with van der Waals surface area (Å²) in [5.74, 6) is 1.53. The van der Waals surface area contributed by atoms with Gasteiger partial charge in [-0.05, 0) is 53.2 Å². The number of benzene rings is 1. The highest BCUT2D eigenvalue weighted by molar-refractivity contribution is 9.10. The molecule has 2 aliphatic heterocycles. The van der Waals surface area contributed by atoms with Crippen molar-refractivity contribution in [3.63, 3.8) is 0 Å². The van der Waals surface area contributed by atoms with Crippen LogP contribution in [0, 0.1) is 5.92 Å². The molecular formula is C21H29BrN2O5. The van der Waals surface area contributed by atoms with E-state index in [9.17, 15) is 9.59 Å². The van der Waals surface area contributed by atoms with Crippen LogP contribution in [0.2, 0.25) is 0 Å². The van der Waals surface area contributed by atoms with Gasteiger partial charge in [0, 0.05) is 23.6 Å². The maximum atomic E-state index is 13.1. The Bertz CT molecular complexity index is 762. The van der Waals surface area contributed by atoms with Crippen LogP contribution >= 0.6 is 15.9 Å². The van der Waals surface area contributed by atoms with E-state index in [4.69, 9.17) is 14.2 Å². The van der Waals surface area contributed by atoms with E-state index in [1.54, 1.807) is 26.4 Å². The molecule has 3 rings (SSSR count). The number of cyclic esters (lactones) is 1. The second-order valence-electron chi connectivity index (χ2n) is 7.98. The van der Waals surface area contributed by atoms with Crippen LogP contribution in [0.5, 0.6) is 11.5 Å². The maximum absolute atomic E-state index is 13.1. The SMILES string of the molecule is COc1cc(Br)c(C(=O)N2CCC(N3C(=O)OC[C@H]3CC(C)C)CC2)cc1OC. The molecule has 0 bridgehead atoms. The summed E-state index contributed by atoms with van der Waals surface area (Å²) < 4.78 is 16.6. The van der Waals surface area contributed by atoms with Crippen molar-refractivity contribution in [1.29, 1.82) is 0 Å². The summed E-state index contributed by atoms with van der Waals surface area (Å²) >= 11 is 3.47. The van der Waals surface area contributed by atoms with E-state index in [1.165, 1.54) is 0 Å². The monoisotopic (exact) mass is 468 g/mol. The predicted octanol–water partition coefficient (Wildman–Crippen LogP) is 3.94. The van der Waals surface area contributed by atoms with Crippen LogP contribution in [0.1, 0.15) is 43.5 Å². The Balaban J connectivity index is 1.68. The number of ether oxygens (including phenoxy) is 3. The molecule has 0 N–H and O–H groups in total. The van der Waals surface area contributed by atoms with Crippen molar-refractivity contribution in [3.8, 4) is 11.5 Å². The molecule has 160 valence electrons. The molecule has 2 amide bonds. The summed E-state index contributed by atoms with van der Waals surface area (Å²) in [4.78, 5) is 29.1. The molecule has 29 heavy (non-hydrogen) atoms. The largest absolute Gasteiger partial charge is 0.493 e. The number of rotatable bonds is 6. The highest BCUT2D eigenvalue weighted by Crippen LogP contribution is 2.34. The Hall–Kier alpha value is -1.96. The van der Waals surface area contributed by atoms with E-state index in [0.29, 0.717) is 47.1 Å². The van der Waals surface area contributed by atoms with Crippen molar-refractivity contribution in [2.75, 3.05) is 33.9 Å². The molecular weight excluding hydrogens is 440 g/mol. The summed E-state index contributed by atoms with van der Waals surface area (Å²) in [5.41, 5.74) is 0.541. The van der Waals surface area contributed by atoms with Crippen LogP contribution in [0.3, 0.4) is 0 Å². The molecule has 0 aromatic heterocycles. The minimum atomic E-state index is -0.219.